The van der Waals surface area contributed by atoms with Crippen LogP contribution in [0.3, 0.4) is 0 Å². The molecule has 0 saturated heterocycles. The van der Waals surface area contributed by atoms with Crippen molar-refractivity contribution in [2.75, 3.05) is 20.2 Å². The minimum absolute atomic E-state index is 0.255. The Morgan fingerprint density at radius 2 is 1.64 bits per heavy atom. The molecule has 2 aromatic carbocycles. The summed E-state index contributed by atoms with van der Waals surface area (Å²) in [5.74, 6) is 0.999. The van der Waals surface area contributed by atoms with Gasteiger partial charge in [-0.2, -0.15) is 0 Å². The average Bonchev–Trinajstić information content (AvgIpc) is 3.10. The smallest absolute Gasteiger partial charge is 0.410 e. The van der Waals surface area contributed by atoms with Crippen LogP contribution >= 0.6 is 0 Å². The zero-order chi connectivity index (χ0) is 26.1. The second-order valence-electron chi connectivity index (χ2n) is 9.32. The topological polar surface area (TPSA) is 69.5 Å². The van der Waals surface area contributed by atoms with Gasteiger partial charge in [0.2, 0.25) is 0 Å². The standard InChI is InChI=1S/C19H22N4O2.C8H10O.C2H6/c1-19(2,3)25-18(24)22-9-8-16-21-15-12-20-14-7-5-4-6-13(14)17(15)23(16)11-10-22;1-9-7-8-5-3-2-4-6-8;1-2/h4-7,12H,8-11H2,1-3H3;2-6H,7H2,1H3;1-2H3. The first kappa shape index (κ1) is 27.1. The van der Waals surface area contributed by atoms with E-state index < -0.39 is 5.60 Å². The number of aromatic nitrogens is 3. The van der Waals surface area contributed by atoms with Crippen LogP contribution in [-0.4, -0.2) is 51.3 Å². The van der Waals surface area contributed by atoms with Crippen molar-refractivity contribution in [3.8, 4) is 0 Å². The SMILES string of the molecule is CC.CC(C)(C)OC(=O)N1CCc2nc3cnc4ccccc4c3n2CC1.COCc1ccccc1. The fraction of sp³-hybridized carbons (Fsp3) is 0.414. The maximum absolute atomic E-state index is 12.4. The van der Waals surface area contributed by atoms with Crippen molar-refractivity contribution in [1.82, 2.24) is 19.4 Å². The van der Waals surface area contributed by atoms with Crippen molar-refractivity contribution in [3.05, 3.63) is 72.2 Å². The van der Waals surface area contributed by atoms with Gasteiger partial charge in [-0.1, -0.05) is 62.4 Å². The summed E-state index contributed by atoms with van der Waals surface area (Å²) in [6, 6.07) is 18.2. The maximum atomic E-state index is 12.4. The molecule has 4 aromatic rings. The molecule has 7 heteroatoms. The molecule has 1 amide bonds. The Hall–Kier alpha value is -3.45. The molecule has 0 N–H and O–H groups in total. The highest BCUT2D eigenvalue weighted by Gasteiger charge is 2.25. The number of para-hydroxylation sites is 1. The second kappa shape index (κ2) is 12.5. The molecule has 0 saturated carbocycles. The van der Waals surface area contributed by atoms with Crippen LogP contribution in [0.25, 0.3) is 21.9 Å². The molecule has 5 rings (SSSR count). The van der Waals surface area contributed by atoms with Gasteiger partial charge < -0.3 is 18.9 Å². The van der Waals surface area contributed by atoms with Crippen molar-refractivity contribution in [2.45, 2.75) is 59.8 Å². The van der Waals surface area contributed by atoms with E-state index in [2.05, 4.69) is 15.6 Å². The van der Waals surface area contributed by atoms with Gasteiger partial charge in [-0.05, 0) is 32.4 Å². The van der Waals surface area contributed by atoms with Crippen molar-refractivity contribution in [2.24, 2.45) is 0 Å². The summed E-state index contributed by atoms with van der Waals surface area (Å²) in [6.45, 7) is 12.3. The Labute approximate surface area is 214 Å². The zero-order valence-corrected chi connectivity index (χ0v) is 22.3. The molecule has 0 fully saturated rings. The lowest BCUT2D eigenvalue weighted by Crippen LogP contribution is -2.38. The van der Waals surface area contributed by atoms with Crippen LogP contribution in [-0.2, 0) is 29.0 Å². The molecule has 3 heterocycles. The summed E-state index contributed by atoms with van der Waals surface area (Å²) < 4.78 is 12.7. The number of methoxy groups -OCH3 is 1. The number of carbonyl (C=O) groups excluding carboxylic acids is 1. The molecule has 0 spiro atoms. The van der Waals surface area contributed by atoms with Gasteiger partial charge in [0.25, 0.3) is 0 Å². The van der Waals surface area contributed by atoms with Crippen molar-refractivity contribution in [1.29, 1.82) is 0 Å². The highest BCUT2D eigenvalue weighted by Crippen LogP contribution is 2.26. The third-order valence-electron chi connectivity index (χ3n) is 5.56. The fourth-order valence-electron chi connectivity index (χ4n) is 4.06. The van der Waals surface area contributed by atoms with E-state index in [1.807, 2.05) is 89.3 Å². The van der Waals surface area contributed by atoms with Crippen LogP contribution in [0, 0.1) is 0 Å². The number of nitrogens with zero attached hydrogens (tertiary/aromatic N) is 4. The van der Waals surface area contributed by atoms with Crippen LogP contribution < -0.4 is 0 Å². The number of hydrogen-bond acceptors (Lipinski definition) is 5. The number of amides is 1. The highest BCUT2D eigenvalue weighted by molar-refractivity contribution is 6.02. The van der Waals surface area contributed by atoms with Gasteiger partial charge in [0.1, 0.15) is 16.9 Å². The zero-order valence-electron chi connectivity index (χ0n) is 22.3. The summed E-state index contributed by atoms with van der Waals surface area (Å²) in [5, 5.41) is 1.10. The van der Waals surface area contributed by atoms with E-state index in [9.17, 15) is 4.79 Å². The van der Waals surface area contributed by atoms with Gasteiger partial charge in [-0.15, -0.1) is 0 Å². The Morgan fingerprint density at radius 3 is 2.33 bits per heavy atom. The third kappa shape index (κ3) is 6.82. The Balaban J connectivity index is 0.000000276. The summed E-state index contributed by atoms with van der Waals surface area (Å²) in [7, 11) is 1.70. The molecule has 0 aliphatic carbocycles. The Kier molecular flexibility index (Phi) is 9.42. The van der Waals surface area contributed by atoms with E-state index in [-0.39, 0.29) is 6.09 Å². The summed E-state index contributed by atoms with van der Waals surface area (Å²) in [5.41, 5.74) is 3.72. The quantitative estimate of drug-likeness (QED) is 0.333. The summed E-state index contributed by atoms with van der Waals surface area (Å²) >= 11 is 0. The van der Waals surface area contributed by atoms with E-state index in [0.29, 0.717) is 32.7 Å². The lowest BCUT2D eigenvalue weighted by atomic mass is 10.2. The van der Waals surface area contributed by atoms with Gasteiger partial charge in [0.15, 0.2) is 0 Å². The van der Waals surface area contributed by atoms with Crippen LogP contribution in [0.4, 0.5) is 4.79 Å². The molecule has 1 aliphatic rings. The molecule has 1 aliphatic heterocycles. The first-order valence-electron chi connectivity index (χ1n) is 12.6. The van der Waals surface area contributed by atoms with Gasteiger partial charge >= 0.3 is 6.09 Å². The second-order valence-corrected chi connectivity index (χ2v) is 9.32. The van der Waals surface area contributed by atoms with E-state index in [1.165, 1.54) is 5.56 Å². The highest BCUT2D eigenvalue weighted by atomic mass is 16.6. The molecular weight excluding hydrogens is 452 g/mol. The van der Waals surface area contributed by atoms with Gasteiger partial charge in [0, 0.05) is 38.6 Å². The number of benzene rings is 2. The predicted molar refractivity (Wildman–Crippen MR) is 145 cm³/mol. The van der Waals surface area contributed by atoms with Gasteiger partial charge in [-0.25, -0.2) is 9.78 Å². The van der Waals surface area contributed by atoms with E-state index >= 15 is 0 Å². The molecule has 0 atom stereocenters. The first-order chi connectivity index (χ1) is 17.4. The minimum atomic E-state index is -0.481. The van der Waals surface area contributed by atoms with Gasteiger partial charge in [-0.3, -0.25) is 4.98 Å². The minimum Gasteiger partial charge on any atom is -0.444 e. The molecule has 0 unspecified atom stereocenters. The maximum Gasteiger partial charge on any atom is 0.410 e. The van der Waals surface area contributed by atoms with E-state index in [0.717, 1.165) is 27.8 Å². The molecule has 0 bridgehead atoms. The third-order valence-corrected chi connectivity index (χ3v) is 5.56. The molecule has 36 heavy (non-hydrogen) atoms. The Bertz CT molecular complexity index is 1260. The lowest BCUT2D eigenvalue weighted by molar-refractivity contribution is 0.0254. The van der Waals surface area contributed by atoms with E-state index in [4.69, 9.17) is 14.5 Å². The van der Waals surface area contributed by atoms with Crippen LogP contribution in [0.2, 0.25) is 0 Å². The largest absolute Gasteiger partial charge is 0.444 e. The number of fused-ring (bicyclic) bond motifs is 5. The number of carbonyl (C=O) groups is 1. The molecule has 192 valence electrons. The lowest BCUT2D eigenvalue weighted by Gasteiger charge is -2.26. The summed E-state index contributed by atoms with van der Waals surface area (Å²) in [6.07, 6.45) is 2.29. The van der Waals surface area contributed by atoms with Crippen LogP contribution in [0.5, 0.6) is 0 Å². The van der Waals surface area contributed by atoms with Crippen molar-refractivity contribution in [3.63, 3.8) is 0 Å². The number of ether oxygens (including phenoxy) is 2. The molecular formula is C29H38N4O3. The number of rotatable bonds is 2. The monoisotopic (exact) mass is 490 g/mol. The van der Waals surface area contributed by atoms with Gasteiger partial charge in [0.05, 0.1) is 23.8 Å². The molecule has 7 nitrogen and oxygen atoms in total. The number of imidazole rings is 1. The number of hydrogen-bond donors (Lipinski definition) is 0. The summed E-state index contributed by atoms with van der Waals surface area (Å²) in [4.78, 5) is 23.4. The predicted octanol–water partition coefficient (Wildman–Crippen LogP) is 6.24. The normalized spacial score (nSPS) is 13.1. The van der Waals surface area contributed by atoms with Crippen molar-refractivity contribution < 1.29 is 14.3 Å². The van der Waals surface area contributed by atoms with E-state index in [1.54, 1.807) is 12.0 Å². The fourth-order valence-corrected chi connectivity index (χ4v) is 4.06. The Morgan fingerprint density at radius 1 is 0.944 bits per heavy atom. The average molecular weight is 491 g/mol. The van der Waals surface area contributed by atoms with Crippen LogP contribution in [0.1, 0.15) is 46.0 Å². The molecule has 0 radical (unpaired) electrons. The first-order valence-corrected chi connectivity index (χ1v) is 12.6. The molecule has 2 aromatic heterocycles. The van der Waals surface area contributed by atoms with Crippen LogP contribution in [0.15, 0.2) is 60.8 Å². The van der Waals surface area contributed by atoms with Crippen molar-refractivity contribution >= 4 is 28.0 Å². The number of pyridine rings is 1.